The van der Waals surface area contributed by atoms with E-state index < -0.39 is 11.2 Å². The van der Waals surface area contributed by atoms with Crippen molar-refractivity contribution in [2.24, 2.45) is 5.92 Å². The smallest absolute Gasteiger partial charge is 0.341 e. The molecular weight excluding hydrogens is 504 g/mol. The Hall–Kier alpha value is -3.10. The zero-order chi connectivity index (χ0) is 25.8. The number of methoxy groups -OCH3 is 1. The van der Waals surface area contributed by atoms with Gasteiger partial charge < -0.3 is 15.4 Å². The Morgan fingerprint density at radius 1 is 0.973 bits per heavy atom. The van der Waals surface area contributed by atoms with Crippen LogP contribution in [-0.2, 0) is 27.2 Å². The van der Waals surface area contributed by atoms with E-state index in [0.717, 1.165) is 71.5 Å². The van der Waals surface area contributed by atoms with Crippen LogP contribution < -0.4 is 10.6 Å². The summed E-state index contributed by atoms with van der Waals surface area (Å²) >= 11 is 2.91. The Morgan fingerprint density at radius 3 is 2.51 bits per heavy atom. The van der Waals surface area contributed by atoms with Gasteiger partial charge in [0.1, 0.15) is 10.3 Å². The van der Waals surface area contributed by atoms with Crippen molar-refractivity contribution >= 4 is 51.6 Å². The second kappa shape index (κ2) is 11.5. The summed E-state index contributed by atoms with van der Waals surface area (Å²) in [4.78, 5) is 40.8. The van der Waals surface area contributed by atoms with Gasteiger partial charge in [-0.3, -0.25) is 9.59 Å². The van der Waals surface area contributed by atoms with Gasteiger partial charge in [-0.1, -0.05) is 42.8 Å². The predicted molar refractivity (Wildman–Crippen MR) is 148 cm³/mol. The van der Waals surface area contributed by atoms with Crippen LogP contribution >= 0.6 is 23.1 Å². The number of esters is 1. The Kier molecular flexibility index (Phi) is 7.96. The van der Waals surface area contributed by atoms with Crippen molar-refractivity contribution in [3.05, 3.63) is 76.2 Å². The fourth-order valence-electron chi connectivity index (χ4n) is 4.60. The van der Waals surface area contributed by atoms with E-state index in [-0.39, 0.29) is 17.7 Å². The first kappa shape index (κ1) is 25.5. The topological polar surface area (TPSA) is 84.5 Å². The Balaban J connectivity index is 1.42. The van der Waals surface area contributed by atoms with E-state index in [4.69, 9.17) is 4.74 Å². The molecule has 0 spiro atoms. The molecule has 0 aliphatic heterocycles. The largest absolute Gasteiger partial charge is 0.465 e. The van der Waals surface area contributed by atoms with Gasteiger partial charge in [0.15, 0.2) is 0 Å². The number of fused-ring (bicyclic) bond motifs is 1. The lowest BCUT2D eigenvalue weighted by Crippen LogP contribution is -2.20. The lowest BCUT2D eigenvalue weighted by molar-refractivity contribution is -0.117. The summed E-state index contributed by atoms with van der Waals surface area (Å²) in [5, 5.41) is 6.08. The van der Waals surface area contributed by atoms with Crippen LogP contribution in [0.25, 0.3) is 0 Å². The van der Waals surface area contributed by atoms with Gasteiger partial charge in [0.2, 0.25) is 11.8 Å². The van der Waals surface area contributed by atoms with E-state index in [0.29, 0.717) is 10.6 Å². The van der Waals surface area contributed by atoms with Crippen LogP contribution in [0.5, 0.6) is 0 Å². The molecule has 8 heteroatoms. The molecule has 2 N–H and O–H groups in total. The summed E-state index contributed by atoms with van der Waals surface area (Å²) in [6, 6.07) is 17.2. The van der Waals surface area contributed by atoms with E-state index in [1.54, 1.807) is 0 Å². The van der Waals surface area contributed by atoms with E-state index in [2.05, 4.69) is 10.6 Å². The Morgan fingerprint density at radius 2 is 1.76 bits per heavy atom. The molecule has 192 valence electrons. The molecule has 1 saturated carbocycles. The summed E-state index contributed by atoms with van der Waals surface area (Å²) in [6.07, 6.45) is 6.86. The number of amides is 2. The number of aryl methyl sites for hydroxylation is 1. The fourth-order valence-corrected chi connectivity index (χ4v) is 6.96. The van der Waals surface area contributed by atoms with Crippen LogP contribution in [0.1, 0.15) is 63.7 Å². The third-order valence-corrected chi connectivity index (χ3v) is 9.15. The van der Waals surface area contributed by atoms with E-state index in [9.17, 15) is 14.4 Å². The maximum absolute atomic E-state index is 13.8. The summed E-state index contributed by atoms with van der Waals surface area (Å²) in [6.45, 7) is 0. The normalized spacial score (nSPS) is 15.7. The molecule has 3 aromatic rings. The molecule has 1 aromatic heterocycles. The highest BCUT2D eigenvalue weighted by molar-refractivity contribution is 8.00. The lowest BCUT2D eigenvalue weighted by Gasteiger charge is -2.18. The third kappa shape index (κ3) is 6.08. The van der Waals surface area contributed by atoms with Crippen LogP contribution in [0.4, 0.5) is 10.7 Å². The van der Waals surface area contributed by atoms with E-state index in [1.165, 1.54) is 30.2 Å². The van der Waals surface area contributed by atoms with Gasteiger partial charge in [-0.05, 0) is 67.9 Å². The SMILES string of the molecule is COC(=O)c1c(NC(=O)C(Sc2cccc(NC(=O)C3CC3)c2)c2ccccc2)sc2c1CCCCC2. The predicted octanol–water partition coefficient (Wildman–Crippen LogP) is 6.62. The lowest BCUT2D eigenvalue weighted by atomic mass is 10.1. The summed E-state index contributed by atoms with van der Waals surface area (Å²) in [5.74, 6) is -0.445. The minimum atomic E-state index is -0.553. The average molecular weight is 535 g/mol. The molecule has 2 aliphatic rings. The summed E-state index contributed by atoms with van der Waals surface area (Å²) < 4.78 is 5.11. The highest BCUT2D eigenvalue weighted by Crippen LogP contribution is 2.41. The molecule has 1 atom stereocenters. The number of anilines is 2. The first-order valence-electron chi connectivity index (χ1n) is 12.7. The zero-order valence-corrected chi connectivity index (χ0v) is 22.4. The highest BCUT2D eigenvalue weighted by atomic mass is 32.2. The number of carbonyl (C=O) groups is 3. The number of thiophene rings is 1. The van der Waals surface area contributed by atoms with E-state index >= 15 is 0 Å². The number of benzene rings is 2. The van der Waals surface area contributed by atoms with Crippen molar-refractivity contribution in [3.63, 3.8) is 0 Å². The number of carbonyl (C=O) groups excluding carboxylic acids is 3. The van der Waals surface area contributed by atoms with Crippen molar-refractivity contribution in [1.29, 1.82) is 0 Å². The van der Waals surface area contributed by atoms with Crippen molar-refractivity contribution in [2.75, 3.05) is 17.7 Å². The number of nitrogens with one attached hydrogen (secondary N) is 2. The zero-order valence-electron chi connectivity index (χ0n) is 20.8. The number of ether oxygens (including phenoxy) is 1. The second-order valence-electron chi connectivity index (χ2n) is 9.45. The van der Waals surface area contributed by atoms with Crippen molar-refractivity contribution < 1.29 is 19.1 Å². The average Bonchev–Trinajstić information content (AvgIpc) is 3.74. The molecule has 1 fully saturated rings. The first-order valence-corrected chi connectivity index (χ1v) is 14.4. The second-order valence-corrected chi connectivity index (χ2v) is 11.7. The number of thioether (sulfide) groups is 1. The molecule has 2 amide bonds. The molecule has 0 radical (unpaired) electrons. The molecule has 37 heavy (non-hydrogen) atoms. The molecular formula is C29H30N2O4S2. The van der Waals surface area contributed by atoms with Gasteiger partial charge in [-0.2, -0.15) is 0 Å². The molecule has 6 nitrogen and oxygen atoms in total. The van der Waals surface area contributed by atoms with Crippen molar-refractivity contribution in [1.82, 2.24) is 0 Å². The molecule has 1 unspecified atom stereocenters. The van der Waals surface area contributed by atoms with Gasteiger partial charge in [-0.25, -0.2) is 4.79 Å². The first-order chi connectivity index (χ1) is 18.0. The maximum Gasteiger partial charge on any atom is 0.341 e. The van der Waals surface area contributed by atoms with Gasteiger partial charge in [0.05, 0.1) is 12.7 Å². The van der Waals surface area contributed by atoms with Crippen LogP contribution in [0.15, 0.2) is 59.5 Å². The van der Waals surface area contributed by atoms with Gasteiger partial charge >= 0.3 is 5.97 Å². The molecule has 2 aromatic carbocycles. The van der Waals surface area contributed by atoms with Crippen LogP contribution in [-0.4, -0.2) is 24.9 Å². The molecule has 2 aliphatic carbocycles. The summed E-state index contributed by atoms with van der Waals surface area (Å²) in [7, 11) is 1.38. The Labute approximate surface area is 225 Å². The standard InChI is InChI=1S/C29H30N2O4S2/c1-35-29(34)24-22-13-6-3-7-14-23(22)37-28(24)31-27(33)25(18-9-4-2-5-10-18)36-21-12-8-11-20(17-21)30-26(32)19-15-16-19/h2,4-5,8-12,17,19,25H,3,6-7,13-16H2,1H3,(H,30,32)(H,31,33). The molecule has 0 bridgehead atoms. The van der Waals surface area contributed by atoms with Crippen molar-refractivity contribution in [2.45, 2.75) is 55.1 Å². The van der Waals surface area contributed by atoms with Gasteiger partial charge in [0.25, 0.3) is 0 Å². The molecule has 0 saturated heterocycles. The molecule has 5 rings (SSSR count). The number of rotatable bonds is 8. The van der Waals surface area contributed by atoms with Crippen molar-refractivity contribution in [3.8, 4) is 0 Å². The van der Waals surface area contributed by atoms with Crippen LogP contribution in [0.3, 0.4) is 0 Å². The Bertz CT molecular complexity index is 1300. The minimum Gasteiger partial charge on any atom is -0.465 e. The number of hydrogen-bond acceptors (Lipinski definition) is 6. The minimum absolute atomic E-state index is 0.0484. The van der Waals surface area contributed by atoms with Gasteiger partial charge in [-0.15, -0.1) is 23.1 Å². The monoisotopic (exact) mass is 534 g/mol. The fraction of sp³-hybridized carbons (Fsp3) is 0.345. The highest BCUT2D eigenvalue weighted by Gasteiger charge is 2.31. The quantitative estimate of drug-likeness (QED) is 0.193. The van der Waals surface area contributed by atoms with Crippen LogP contribution in [0.2, 0.25) is 0 Å². The third-order valence-electron chi connectivity index (χ3n) is 6.69. The van der Waals surface area contributed by atoms with E-state index in [1.807, 2.05) is 54.6 Å². The summed E-state index contributed by atoms with van der Waals surface area (Å²) in [5.41, 5.74) is 3.10. The molecule has 1 heterocycles. The van der Waals surface area contributed by atoms with Crippen LogP contribution in [0, 0.1) is 5.92 Å². The number of hydrogen-bond donors (Lipinski definition) is 2. The van der Waals surface area contributed by atoms with Gasteiger partial charge in [0, 0.05) is 21.4 Å². The maximum atomic E-state index is 13.8.